The van der Waals surface area contributed by atoms with Gasteiger partial charge in [-0.3, -0.25) is 15.0 Å². The molecule has 1 heterocycles. The average Bonchev–Trinajstić information content (AvgIpc) is 2.87. The highest BCUT2D eigenvalue weighted by Gasteiger charge is 2.44. The van der Waals surface area contributed by atoms with Crippen LogP contribution in [-0.4, -0.2) is 38.2 Å². The van der Waals surface area contributed by atoms with E-state index in [1.165, 1.54) is 19.2 Å². The van der Waals surface area contributed by atoms with E-state index in [-0.39, 0.29) is 28.4 Å². The van der Waals surface area contributed by atoms with Gasteiger partial charge in [0.05, 0.1) is 55.5 Å². The molecule has 34 heavy (non-hydrogen) atoms. The van der Waals surface area contributed by atoms with Crippen molar-refractivity contribution in [2.45, 2.75) is 5.92 Å². The zero-order valence-corrected chi connectivity index (χ0v) is 18.5. The first kappa shape index (κ1) is 23.8. The molecular formula is C23H20N4O7. The smallest absolute Gasteiger partial charge is 0.355 e. The van der Waals surface area contributed by atoms with Crippen molar-refractivity contribution >= 4 is 23.3 Å². The molecule has 2 aromatic rings. The van der Waals surface area contributed by atoms with Gasteiger partial charge >= 0.3 is 11.9 Å². The van der Waals surface area contributed by atoms with Gasteiger partial charge in [0.15, 0.2) is 0 Å². The maximum Gasteiger partial charge on any atom is 0.355 e. The number of rotatable bonds is 6. The number of hydrogen-bond acceptors (Lipinski definition) is 10. The molecule has 0 aromatic heterocycles. The molecule has 3 rings (SSSR count). The third kappa shape index (κ3) is 4.00. The maximum absolute atomic E-state index is 13.0. The molecular weight excluding hydrogens is 444 g/mol. The van der Waals surface area contributed by atoms with Gasteiger partial charge in [-0.1, -0.05) is 30.3 Å². The molecule has 1 aliphatic heterocycles. The molecule has 0 spiro atoms. The number of nitro benzene ring substituents is 1. The molecule has 1 aliphatic rings. The standard InChI is InChI=1S/C23H20N4O7/c1-32-14-9-10-16(17(11-14)27(30)31)26-20(23(29)34-3)19(22(28)33-2)18(15(12-24)21(26)25)13-7-5-4-6-8-13/h4-11,18H,25H2,1-3H3. The van der Waals surface area contributed by atoms with E-state index in [4.69, 9.17) is 19.9 Å². The normalized spacial score (nSPS) is 15.5. The molecule has 11 nitrogen and oxygen atoms in total. The summed E-state index contributed by atoms with van der Waals surface area (Å²) in [5.74, 6) is -3.13. The topological polar surface area (TPSA) is 158 Å². The van der Waals surface area contributed by atoms with E-state index in [1.54, 1.807) is 30.3 Å². The van der Waals surface area contributed by atoms with Gasteiger partial charge in [0.1, 0.15) is 23.0 Å². The number of nitriles is 1. The quantitative estimate of drug-likeness (QED) is 0.382. The van der Waals surface area contributed by atoms with Gasteiger partial charge in [-0.2, -0.15) is 5.26 Å². The van der Waals surface area contributed by atoms with Crippen LogP contribution in [0.1, 0.15) is 11.5 Å². The second-order valence-electron chi connectivity index (χ2n) is 6.95. The van der Waals surface area contributed by atoms with Gasteiger partial charge in [0, 0.05) is 0 Å². The summed E-state index contributed by atoms with van der Waals surface area (Å²) in [6, 6.07) is 14.2. The zero-order valence-electron chi connectivity index (χ0n) is 18.5. The third-order valence-corrected chi connectivity index (χ3v) is 5.23. The lowest BCUT2D eigenvalue weighted by atomic mass is 9.81. The molecule has 0 fully saturated rings. The molecule has 2 aromatic carbocycles. The monoisotopic (exact) mass is 464 g/mol. The third-order valence-electron chi connectivity index (χ3n) is 5.23. The number of benzene rings is 2. The second kappa shape index (κ2) is 9.74. The highest BCUT2D eigenvalue weighted by molar-refractivity contribution is 6.06. The summed E-state index contributed by atoms with van der Waals surface area (Å²) in [4.78, 5) is 38.2. The minimum atomic E-state index is -1.08. The van der Waals surface area contributed by atoms with Crippen LogP contribution >= 0.6 is 0 Å². The van der Waals surface area contributed by atoms with Crippen LogP contribution in [0.3, 0.4) is 0 Å². The Labute approximate surface area is 194 Å². The average molecular weight is 464 g/mol. The van der Waals surface area contributed by atoms with Crippen LogP contribution in [0.2, 0.25) is 0 Å². The van der Waals surface area contributed by atoms with Crippen LogP contribution in [0.15, 0.2) is 71.2 Å². The van der Waals surface area contributed by atoms with E-state index in [2.05, 4.69) is 0 Å². The van der Waals surface area contributed by atoms with Crippen molar-refractivity contribution in [2.75, 3.05) is 26.2 Å². The molecule has 0 aliphatic carbocycles. The highest BCUT2D eigenvalue weighted by atomic mass is 16.6. The molecule has 11 heteroatoms. The van der Waals surface area contributed by atoms with Gasteiger partial charge in [0.25, 0.3) is 5.69 Å². The Morgan fingerprint density at radius 1 is 1.09 bits per heavy atom. The maximum atomic E-state index is 13.0. The van der Waals surface area contributed by atoms with E-state index in [0.29, 0.717) is 5.56 Å². The predicted octanol–water partition coefficient (Wildman–Crippen LogP) is 2.50. The fourth-order valence-electron chi connectivity index (χ4n) is 3.73. The van der Waals surface area contributed by atoms with Gasteiger partial charge in [-0.15, -0.1) is 0 Å². The predicted molar refractivity (Wildman–Crippen MR) is 119 cm³/mol. The van der Waals surface area contributed by atoms with Gasteiger partial charge in [-0.25, -0.2) is 9.59 Å². The van der Waals surface area contributed by atoms with Crippen molar-refractivity contribution in [1.29, 1.82) is 5.26 Å². The number of esters is 2. The number of nitrogens with zero attached hydrogens (tertiary/aromatic N) is 3. The number of nitrogens with two attached hydrogens (primary N) is 1. The van der Waals surface area contributed by atoms with Gasteiger partial charge in [0.2, 0.25) is 0 Å². The van der Waals surface area contributed by atoms with E-state index in [9.17, 15) is 25.0 Å². The fraction of sp³-hybridized carbons (Fsp3) is 0.174. The lowest BCUT2D eigenvalue weighted by Gasteiger charge is -2.35. The summed E-state index contributed by atoms with van der Waals surface area (Å²) in [6.45, 7) is 0. The summed E-state index contributed by atoms with van der Waals surface area (Å²) in [5.41, 5.74) is 5.41. The zero-order chi connectivity index (χ0) is 25.0. The molecule has 0 amide bonds. The first-order chi connectivity index (χ1) is 16.3. The van der Waals surface area contributed by atoms with E-state index >= 15 is 0 Å². The van der Waals surface area contributed by atoms with E-state index in [1.807, 2.05) is 6.07 Å². The Morgan fingerprint density at radius 3 is 2.26 bits per heavy atom. The molecule has 0 saturated heterocycles. The van der Waals surface area contributed by atoms with Crippen molar-refractivity contribution < 1.29 is 28.7 Å². The molecule has 0 bridgehead atoms. The molecule has 2 N–H and O–H groups in total. The Bertz CT molecular complexity index is 1260. The summed E-state index contributed by atoms with van der Waals surface area (Å²) < 4.78 is 14.9. The molecule has 0 saturated carbocycles. The number of ether oxygens (including phenoxy) is 3. The molecule has 0 radical (unpaired) electrons. The number of carbonyl (C=O) groups excluding carboxylic acids is 2. The lowest BCUT2D eigenvalue weighted by molar-refractivity contribution is -0.384. The number of carbonyl (C=O) groups is 2. The van der Waals surface area contributed by atoms with Crippen LogP contribution in [0.25, 0.3) is 0 Å². The Hall–Kier alpha value is -4.85. The summed E-state index contributed by atoms with van der Waals surface area (Å²) in [5, 5.41) is 21.9. The SMILES string of the molecule is COC(=O)C1=C(C(=O)OC)N(c2ccc(OC)cc2[N+](=O)[O-])C(N)=C(C#N)C1c1ccccc1. The number of anilines is 1. The largest absolute Gasteiger partial charge is 0.496 e. The summed E-state index contributed by atoms with van der Waals surface area (Å²) in [6.07, 6.45) is 0. The molecule has 1 atom stereocenters. The van der Waals surface area contributed by atoms with Crippen LogP contribution in [0, 0.1) is 21.4 Å². The summed E-state index contributed by atoms with van der Waals surface area (Å²) in [7, 11) is 3.53. The highest BCUT2D eigenvalue weighted by Crippen LogP contribution is 2.45. The van der Waals surface area contributed by atoms with Crippen LogP contribution in [0.4, 0.5) is 11.4 Å². The first-order valence-corrected chi connectivity index (χ1v) is 9.78. The van der Waals surface area contributed by atoms with Crippen molar-refractivity contribution in [3.05, 3.63) is 86.9 Å². The number of nitro groups is 1. The minimum Gasteiger partial charge on any atom is -0.496 e. The first-order valence-electron chi connectivity index (χ1n) is 9.78. The lowest BCUT2D eigenvalue weighted by Crippen LogP contribution is -2.41. The second-order valence-corrected chi connectivity index (χ2v) is 6.95. The van der Waals surface area contributed by atoms with Crippen LogP contribution in [-0.2, 0) is 19.1 Å². The Kier molecular flexibility index (Phi) is 6.82. The van der Waals surface area contributed by atoms with Crippen LogP contribution in [0.5, 0.6) is 5.75 Å². The molecule has 1 unspecified atom stereocenters. The number of hydrogen-bond donors (Lipinski definition) is 1. The number of methoxy groups -OCH3 is 3. The van der Waals surface area contributed by atoms with E-state index in [0.717, 1.165) is 25.2 Å². The molecule has 174 valence electrons. The Morgan fingerprint density at radius 2 is 1.74 bits per heavy atom. The van der Waals surface area contributed by atoms with Crippen molar-refractivity contribution in [2.24, 2.45) is 5.73 Å². The Balaban J connectivity index is 2.47. The van der Waals surface area contributed by atoms with E-state index < -0.39 is 34.2 Å². The van der Waals surface area contributed by atoms with Crippen molar-refractivity contribution in [1.82, 2.24) is 0 Å². The number of allylic oxidation sites excluding steroid dienone is 1. The van der Waals surface area contributed by atoms with Crippen molar-refractivity contribution in [3.63, 3.8) is 0 Å². The van der Waals surface area contributed by atoms with Gasteiger partial charge < -0.3 is 19.9 Å². The fourth-order valence-corrected chi connectivity index (χ4v) is 3.73. The van der Waals surface area contributed by atoms with Gasteiger partial charge in [-0.05, 0) is 17.7 Å². The summed E-state index contributed by atoms with van der Waals surface area (Å²) >= 11 is 0. The minimum absolute atomic E-state index is 0.107. The van der Waals surface area contributed by atoms with Crippen LogP contribution < -0.4 is 15.4 Å². The van der Waals surface area contributed by atoms with Crippen molar-refractivity contribution in [3.8, 4) is 11.8 Å².